The highest BCUT2D eigenvalue weighted by Crippen LogP contribution is 2.32. The molecule has 0 saturated carbocycles. The number of hydrogen-bond donors (Lipinski definition) is 1. The number of nitro benzene ring substituents is 1. The summed E-state index contributed by atoms with van der Waals surface area (Å²) in [4.78, 5) is 28.1. The Bertz CT molecular complexity index is 1430. The highest BCUT2D eigenvalue weighted by molar-refractivity contribution is 8.18. The largest absolute Gasteiger partial charge is 0.457 e. The molecule has 32 heavy (non-hydrogen) atoms. The molecule has 0 spiro atoms. The number of nitrogens with zero attached hydrogens (tertiary/aromatic N) is 2. The highest BCUT2D eigenvalue weighted by atomic mass is 32.2. The second kappa shape index (κ2) is 8.16. The Balaban J connectivity index is 1.40. The second-order valence-corrected chi connectivity index (χ2v) is 8.02. The van der Waals surface area contributed by atoms with Crippen molar-refractivity contribution in [3.05, 3.63) is 99.6 Å². The number of furan rings is 1. The van der Waals surface area contributed by atoms with Gasteiger partial charge >= 0.3 is 0 Å². The molecule has 1 amide bonds. The molecule has 3 aromatic carbocycles. The molecule has 0 radical (unpaired) electrons. The third kappa shape index (κ3) is 3.91. The van der Waals surface area contributed by atoms with Crippen LogP contribution in [0.4, 0.5) is 11.4 Å². The minimum absolute atomic E-state index is 0.0150. The fourth-order valence-electron chi connectivity index (χ4n) is 3.38. The minimum atomic E-state index is -0.453. The van der Waals surface area contributed by atoms with E-state index in [0.717, 1.165) is 16.5 Å². The van der Waals surface area contributed by atoms with E-state index < -0.39 is 4.92 Å². The molecule has 2 heterocycles. The standard InChI is InChI=1S/C24H15N3O4S/c28-23-22(14-18-11-12-21(31-18)16-7-3-8-17(13-16)27(29)30)32-24(26-23)25-20-10-4-6-15-5-1-2-9-19(15)20/h1-14H,(H,25,26,28). The van der Waals surface area contributed by atoms with Crippen LogP contribution in [0.1, 0.15) is 5.76 Å². The van der Waals surface area contributed by atoms with Crippen molar-refractivity contribution in [2.75, 3.05) is 0 Å². The predicted molar refractivity (Wildman–Crippen MR) is 126 cm³/mol. The van der Waals surface area contributed by atoms with Crippen molar-refractivity contribution in [2.45, 2.75) is 0 Å². The van der Waals surface area contributed by atoms with E-state index in [0.29, 0.717) is 27.2 Å². The van der Waals surface area contributed by atoms with Crippen LogP contribution < -0.4 is 5.32 Å². The zero-order chi connectivity index (χ0) is 22.1. The molecule has 1 aliphatic rings. The van der Waals surface area contributed by atoms with Crippen LogP contribution in [0.3, 0.4) is 0 Å². The van der Waals surface area contributed by atoms with Gasteiger partial charge in [-0.05, 0) is 35.3 Å². The van der Waals surface area contributed by atoms with Crippen LogP contribution in [0.2, 0.25) is 0 Å². The van der Waals surface area contributed by atoms with Gasteiger partial charge < -0.3 is 9.73 Å². The van der Waals surface area contributed by atoms with Gasteiger partial charge in [0, 0.05) is 29.2 Å². The van der Waals surface area contributed by atoms with Crippen LogP contribution in [-0.2, 0) is 4.79 Å². The molecular formula is C24H15N3O4S. The van der Waals surface area contributed by atoms with Gasteiger partial charge in [-0.2, -0.15) is 0 Å². The third-order valence-electron chi connectivity index (χ3n) is 4.88. The van der Waals surface area contributed by atoms with Crippen molar-refractivity contribution in [3.63, 3.8) is 0 Å². The maximum absolute atomic E-state index is 12.4. The zero-order valence-electron chi connectivity index (χ0n) is 16.5. The number of nitrogens with one attached hydrogen (secondary N) is 1. The molecule has 0 bridgehead atoms. The molecule has 1 aromatic heterocycles. The minimum Gasteiger partial charge on any atom is -0.457 e. The second-order valence-electron chi connectivity index (χ2n) is 6.99. The summed E-state index contributed by atoms with van der Waals surface area (Å²) in [5.74, 6) is 0.687. The molecule has 7 nitrogen and oxygen atoms in total. The van der Waals surface area contributed by atoms with Gasteiger partial charge in [0.15, 0.2) is 5.17 Å². The average Bonchev–Trinajstić information content (AvgIpc) is 3.41. The van der Waals surface area contributed by atoms with Crippen LogP contribution in [0.15, 0.2) is 93.2 Å². The molecule has 1 N–H and O–H groups in total. The van der Waals surface area contributed by atoms with Crippen molar-refractivity contribution in [2.24, 2.45) is 4.99 Å². The van der Waals surface area contributed by atoms with Crippen molar-refractivity contribution in [1.82, 2.24) is 5.32 Å². The monoisotopic (exact) mass is 441 g/mol. The van der Waals surface area contributed by atoms with E-state index in [-0.39, 0.29) is 11.6 Å². The number of nitro groups is 1. The van der Waals surface area contributed by atoms with E-state index in [2.05, 4.69) is 10.3 Å². The quantitative estimate of drug-likeness (QED) is 0.242. The summed E-state index contributed by atoms with van der Waals surface area (Å²) in [5.41, 5.74) is 1.35. The lowest BCUT2D eigenvalue weighted by molar-refractivity contribution is -0.384. The van der Waals surface area contributed by atoms with Gasteiger partial charge in [0.1, 0.15) is 11.5 Å². The summed E-state index contributed by atoms with van der Waals surface area (Å²) >= 11 is 1.23. The van der Waals surface area contributed by atoms with Gasteiger partial charge in [-0.25, -0.2) is 4.99 Å². The number of amidine groups is 1. The summed E-state index contributed by atoms with van der Waals surface area (Å²) in [5, 5.41) is 16.3. The summed E-state index contributed by atoms with van der Waals surface area (Å²) in [6, 6.07) is 23.4. The summed E-state index contributed by atoms with van der Waals surface area (Å²) in [6.45, 7) is 0. The number of aliphatic imine (C=N–C) groups is 1. The van der Waals surface area contributed by atoms with E-state index in [1.807, 2.05) is 42.5 Å². The number of thioether (sulfide) groups is 1. The molecule has 1 fully saturated rings. The molecule has 0 aliphatic carbocycles. The Morgan fingerprint density at radius 1 is 1.00 bits per heavy atom. The highest BCUT2D eigenvalue weighted by Gasteiger charge is 2.24. The fraction of sp³-hybridized carbons (Fsp3) is 0. The Kier molecular flexibility index (Phi) is 5.04. The van der Waals surface area contributed by atoms with Crippen LogP contribution in [0.25, 0.3) is 28.2 Å². The first-order valence-corrected chi connectivity index (χ1v) is 10.5. The Morgan fingerprint density at radius 3 is 2.69 bits per heavy atom. The zero-order valence-corrected chi connectivity index (χ0v) is 17.3. The number of fused-ring (bicyclic) bond motifs is 1. The Labute approximate surface area is 186 Å². The molecule has 5 rings (SSSR count). The van der Waals surface area contributed by atoms with E-state index in [1.165, 1.54) is 23.9 Å². The van der Waals surface area contributed by atoms with E-state index in [4.69, 9.17) is 4.42 Å². The van der Waals surface area contributed by atoms with Gasteiger partial charge in [0.2, 0.25) is 0 Å². The number of rotatable bonds is 4. The molecule has 1 aliphatic heterocycles. The lowest BCUT2D eigenvalue weighted by atomic mass is 10.1. The summed E-state index contributed by atoms with van der Waals surface area (Å²) in [7, 11) is 0. The molecule has 0 atom stereocenters. The summed E-state index contributed by atoms with van der Waals surface area (Å²) < 4.78 is 5.79. The number of carbonyl (C=O) groups excluding carboxylic acids is 1. The molecule has 4 aromatic rings. The number of amides is 1. The van der Waals surface area contributed by atoms with Crippen molar-refractivity contribution >= 4 is 51.1 Å². The van der Waals surface area contributed by atoms with E-state index in [9.17, 15) is 14.9 Å². The Hall–Kier alpha value is -4.17. The van der Waals surface area contributed by atoms with Gasteiger partial charge in [0.05, 0.1) is 15.5 Å². The Morgan fingerprint density at radius 2 is 1.81 bits per heavy atom. The van der Waals surface area contributed by atoms with Gasteiger partial charge in [-0.3, -0.25) is 14.9 Å². The molecule has 8 heteroatoms. The maximum Gasteiger partial charge on any atom is 0.270 e. The van der Waals surface area contributed by atoms with E-state index >= 15 is 0 Å². The molecule has 156 valence electrons. The third-order valence-corrected chi connectivity index (χ3v) is 5.79. The average molecular weight is 441 g/mol. The van der Waals surface area contributed by atoms with Crippen LogP contribution >= 0.6 is 11.8 Å². The van der Waals surface area contributed by atoms with Crippen LogP contribution in [0.5, 0.6) is 0 Å². The number of benzene rings is 3. The van der Waals surface area contributed by atoms with Gasteiger partial charge in [-0.1, -0.05) is 48.5 Å². The van der Waals surface area contributed by atoms with Crippen molar-refractivity contribution in [3.8, 4) is 11.3 Å². The molecular weight excluding hydrogens is 426 g/mol. The smallest absolute Gasteiger partial charge is 0.270 e. The number of non-ortho nitro benzene ring substituents is 1. The SMILES string of the molecule is O=C1NC(=Nc2cccc3ccccc23)SC1=Cc1ccc(-c2cccc([N+](=O)[O-])c2)o1. The van der Waals surface area contributed by atoms with Crippen molar-refractivity contribution < 1.29 is 14.1 Å². The lowest BCUT2D eigenvalue weighted by Crippen LogP contribution is -2.19. The van der Waals surface area contributed by atoms with Gasteiger partial charge in [0.25, 0.3) is 11.6 Å². The molecule has 1 saturated heterocycles. The topological polar surface area (TPSA) is 97.7 Å². The van der Waals surface area contributed by atoms with Crippen LogP contribution in [0, 0.1) is 10.1 Å². The first-order valence-electron chi connectivity index (χ1n) is 9.69. The normalized spacial score (nSPS) is 16.1. The lowest BCUT2D eigenvalue weighted by Gasteiger charge is -2.02. The number of carbonyl (C=O) groups is 1. The first kappa shape index (κ1) is 19.8. The first-order chi connectivity index (χ1) is 15.6. The van der Waals surface area contributed by atoms with Gasteiger partial charge in [-0.15, -0.1) is 0 Å². The van der Waals surface area contributed by atoms with Crippen molar-refractivity contribution in [1.29, 1.82) is 0 Å². The maximum atomic E-state index is 12.4. The van der Waals surface area contributed by atoms with Crippen LogP contribution in [-0.4, -0.2) is 16.0 Å². The molecule has 0 unspecified atom stereocenters. The van der Waals surface area contributed by atoms with E-state index in [1.54, 1.807) is 30.3 Å². The number of hydrogen-bond acceptors (Lipinski definition) is 6. The summed E-state index contributed by atoms with van der Waals surface area (Å²) in [6.07, 6.45) is 1.63. The predicted octanol–water partition coefficient (Wildman–Crippen LogP) is 5.90. The fourth-order valence-corrected chi connectivity index (χ4v) is 4.20.